The summed E-state index contributed by atoms with van der Waals surface area (Å²) in [6, 6.07) is 0. The van der Waals surface area contributed by atoms with Gasteiger partial charge in [0.15, 0.2) is 0 Å². The molecule has 13 nitrogen and oxygen atoms in total. The number of esters is 1. The van der Waals surface area contributed by atoms with Gasteiger partial charge in [-0.05, 0) is 6.42 Å². The van der Waals surface area contributed by atoms with Gasteiger partial charge in [-0.25, -0.2) is 0 Å². The van der Waals surface area contributed by atoms with E-state index in [2.05, 4.69) is 6.92 Å². The molecule has 0 aromatic heterocycles. The molecule has 0 saturated carbocycles. The van der Waals surface area contributed by atoms with E-state index in [1.165, 1.54) is 57.8 Å². The van der Waals surface area contributed by atoms with Gasteiger partial charge in [0.2, 0.25) is 0 Å². The number of aliphatic hydroxyl groups is 4. The van der Waals surface area contributed by atoms with Crippen molar-refractivity contribution in [3.63, 3.8) is 0 Å². The van der Waals surface area contributed by atoms with Crippen molar-refractivity contribution in [2.75, 3.05) is 26.4 Å². The number of phosphoric ester groups is 1. The average molecular weight is 721 g/mol. The molecule has 5 N–H and O–H groups in total. The predicted molar refractivity (Wildman–Crippen MR) is 165 cm³/mol. The first-order valence-corrected chi connectivity index (χ1v) is 23.4. The topological polar surface area (TPSA) is 199 Å². The van der Waals surface area contributed by atoms with Crippen molar-refractivity contribution in [3.05, 3.63) is 0 Å². The second-order valence-electron chi connectivity index (χ2n) is 12.2. The van der Waals surface area contributed by atoms with Crippen LogP contribution in [0.25, 0.3) is 0 Å². The number of hydrogen-bond donors (Lipinski definition) is 5. The number of hydrogen-bond acceptors (Lipinski definition) is 12. The number of aliphatic hydroxyl groups excluding tert-OH is 4. The molecule has 0 spiro atoms. The first-order valence-electron chi connectivity index (χ1n) is 16.0. The fraction of sp³-hybridized carbons (Fsp3) is 0.966. The summed E-state index contributed by atoms with van der Waals surface area (Å²) in [5.41, 5.74) is 3.16. The van der Waals surface area contributed by atoms with Crippen LogP contribution in [0.5, 0.6) is 0 Å². The summed E-state index contributed by atoms with van der Waals surface area (Å²) in [7, 11) is -4.66. The van der Waals surface area contributed by atoms with Crippen LogP contribution in [-0.4, -0.2) is 108 Å². The SMILES string of the molecule is CCCCCCCCCCCCCCCC(=O)OCC(O)COP(=O)(O)OCC(O)COC1OC(C[As](C)(C)=O)C(O)C1O. The third-order valence-corrected chi connectivity index (χ3v) is 10.7. The number of rotatable bonds is 27. The van der Waals surface area contributed by atoms with E-state index >= 15 is 0 Å². The van der Waals surface area contributed by atoms with Crippen molar-refractivity contribution in [3.8, 4) is 0 Å². The molecule has 0 aromatic rings. The minimum absolute atomic E-state index is 0.0948. The van der Waals surface area contributed by atoms with Gasteiger partial charge in [0.25, 0.3) is 0 Å². The van der Waals surface area contributed by atoms with Gasteiger partial charge in [-0.15, -0.1) is 0 Å². The second kappa shape index (κ2) is 23.1. The van der Waals surface area contributed by atoms with Crippen molar-refractivity contribution in [2.45, 2.75) is 150 Å². The van der Waals surface area contributed by atoms with E-state index in [4.69, 9.17) is 23.3 Å². The summed E-state index contributed by atoms with van der Waals surface area (Å²) in [4.78, 5) is 21.7. The van der Waals surface area contributed by atoms with Crippen LogP contribution in [0.2, 0.25) is 16.6 Å². The van der Waals surface area contributed by atoms with Crippen molar-refractivity contribution in [2.24, 2.45) is 0 Å². The normalized spacial score (nSPS) is 23.4. The Bertz CT molecular complexity index is 857. The van der Waals surface area contributed by atoms with Crippen LogP contribution < -0.4 is 0 Å². The maximum atomic E-state index is 12.1. The molecule has 262 valence electrons. The fourth-order valence-corrected chi connectivity index (χ4v) is 7.93. The molecule has 1 aliphatic rings. The first kappa shape index (κ1) is 41.7. The third kappa shape index (κ3) is 20.7. The van der Waals surface area contributed by atoms with Gasteiger partial charge < -0.3 is 9.84 Å². The van der Waals surface area contributed by atoms with Crippen molar-refractivity contribution < 1.29 is 61.7 Å². The summed E-state index contributed by atoms with van der Waals surface area (Å²) in [5.74, 6) is -0.465. The minimum atomic E-state index is -4.66. The Morgan fingerprint density at radius 1 is 0.795 bits per heavy atom. The average Bonchev–Trinajstić information content (AvgIpc) is 3.21. The van der Waals surface area contributed by atoms with Crippen LogP contribution in [0, 0.1) is 0 Å². The van der Waals surface area contributed by atoms with Crippen LogP contribution in [0.4, 0.5) is 0 Å². The molecule has 1 rings (SSSR count). The Balaban J connectivity index is 2.09. The Hall–Kier alpha value is -0.302. The number of carbonyl (C=O) groups is 1. The number of ether oxygens (including phenoxy) is 3. The molecule has 15 heteroatoms. The Morgan fingerprint density at radius 3 is 1.77 bits per heavy atom. The molecular formula is C29H58AsO13P. The summed E-state index contributed by atoms with van der Waals surface area (Å²) >= 11 is -3.17. The summed E-state index contributed by atoms with van der Waals surface area (Å²) in [6.45, 7) is 0.0190. The third-order valence-electron chi connectivity index (χ3n) is 7.17. The fourth-order valence-electron chi connectivity index (χ4n) is 4.68. The van der Waals surface area contributed by atoms with Crippen LogP contribution >= 0.6 is 7.82 Å². The zero-order chi connectivity index (χ0) is 33.0. The summed E-state index contributed by atoms with van der Waals surface area (Å²) < 4.78 is 49.2. The zero-order valence-corrected chi connectivity index (χ0v) is 29.6. The molecule has 7 atom stereocenters. The van der Waals surface area contributed by atoms with Crippen LogP contribution in [0.1, 0.15) is 96.8 Å². The first-order chi connectivity index (χ1) is 20.7. The van der Waals surface area contributed by atoms with Crippen LogP contribution in [-0.2, 0) is 36.4 Å². The van der Waals surface area contributed by atoms with Gasteiger partial charge in [0, 0.05) is 6.42 Å². The van der Waals surface area contributed by atoms with E-state index in [-0.39, 0.29) is 11.6 Å². The molecule has 7 unspecified atom stereocenters. The number of phosphoric acid groups is 1. The quantitative estimate of drug-likeness (QED) is 0.0354. The van der Waals surface area contributed by atoms with Crippen LogP contribution in [0.3, 0.4) is 0 Å². The van der Waals surface area contributed by atoms with Gasteiger partial charge in [0.05, 0.1) is 0 Å². The van der Waals surface area contributed by atoms with Gasteiger partial charge in [-0.1, -0.05) is 84.0 Å². The summed E-state index contributed by atoms with van der Waals surface area (Å²) in [5, 5.41) is 40.2. The van der Waals surface area contributed by atoms with E-state index in [0.29, 0.717) is 6.42 Å². The Labute approximate surface area is 265 Å². The predicted octanol–water partition coefficient (Wildman–Crippen LogP) is 3.97. The molecule has 1 saturated heterocycles. The molecule has 0 radical (unpaired) electrons. The molecule has 0 aliphatic carbocycles. The molecule has 44 heavy (non-hydrogen) atoms. The van der Waals surface area contributed by atoms with Crippen molar-refractivity contribution >= 4 is 27.3 Å². The van der Waals surface area contributed by atoms with Gasteiger partial charge in [-0.3, -0.25) is 4.79 Å². The molecule has 1 heterocycles. The molecule has 0 amide bonds. The Kier molecular flexibility index (Phi) is 21.9. The zero-order valence-electron chi connectivity index (χ0n) is 26.8. The van der Waals surface area contributed by atoms with E-state index < -0.39 is 90.5 Å². The molecule has 0 aromatic carbocycles. The molecule has 0 bridgehead atoms. The van der Waals surface area contributed by atoms with Crippen molar-refractivity contribution in [1.29, 1.82) is 0 Å². The van der Waals surface area contributed by atoms with E-state index in [9.17, 15) is 38.4 Å². The van der Waals surface area contributed by atoms with E-state index in [1.807, 2.05) is 0 Å². The Morgan fingerprint density at radius 2 is 1.27 bits per heavy atom. The van der Waals surface area contributed by atoms with Gasteiger partial charge in [-0.2, -0.15) is 0 Å². The molecular weight excluding hydrogens is 662 g/mol. The maximum absolute atomic E-state index is 12.1. The molecule has 1 aliphatic heterocycles. The van der Waals surface area contributed by atoms with E-state index in [0.717, 1.165) is 19.3 Å². The van der Waals surface area contributed by atoms with E-state index in [1.54, 1.807) is 11.4 Å². The van der Waals surface area contributed by atoms with Crippen molar-refractivity contribution in [1.82, 2.24) is 0 Å². The molecule has 1 fully saturated rings. The number of unbranched alkanes of at least 4 members (excludes halogenated alkanes) is 12. The van der Waals surface area contributed by atoms with Gasteiger partial charge in [0.1, 0.15) is 12.7 Å². The monoisotopic (exact) mass is 720 g/mol. The number of carbonyl (C=O) groups excluding carboxylic acids is 1. The standard InChI is InChI=1S/C29H58AsO13P/c1-4-5-6-7-8-9-10-11-12-13-14-15-16-17-26(33)39-19-23(31)21-41-44(37,38)42-22-24(32)20-40-29-28(35)27(34)25(43-29)18-30(2,3)36/h23-25,27-29,31-32,34-35H,4-22H2,1-3H3,(H,37,38). The second-order valence-corrected chi connectivity index (χ2v) is 21.0. The summed E-state index contributed by atoms with van der Waals surface area (Å²) in [6.07, 6.45) is 8.13. The van der Waals surface area contributed by atoms with Crippen LogP contribution in [0.15, 0.2) is 0 Å². The van der Waals surface area contributed by atoms with Gasteiger partial charge >= 0.3 is 141 Å².